The molecule has 2 bridgehead atoms. The van der Waals surface area contributed by atoms with Gasteiger partial charge in [-0.15, -0.1) is 0 Å². The van der Waals surface area contributed by atoms with E-state index in [0.29, 0.717) is 12.2 Å². The number of anilines is 1. The second-order valence-corrected chi connectivity index (χ2v) is 6.95. The number of aryl methyl sites for hydroxylation is 1. The monoisotopic (exact) mass is 322 g/mol. The van der Waals surface area contributed by atoms with Crippen LogP contribution in [0.1, 0.15) is 18.1 Å². The fourth-order valence-electron chi connectivity index (χ4n) is 4.06. The van der Waals surface area contributed by atoms with Crippen LogP contribution in [-0.2, 0) is 17.7 Å². The van der Waals surface area contributed by atoms with Crippen LogP contribution in [0.3, 0.4) is 0 Å². The quantitative estimate of drug-likeness (QED) is 0.859. The standard InChI is InChI=1S/C21H26N2O/c1-2-18-10-6-7-11-21(18)23-15-19-13-22(14-20(16-23)24-19)12-17-8-4-3-5-9-17/h3-11,19-20H,2,12-16H2,1H3. The molecular weight excluding hydrogens is 296 g/mol. The van der Waals surface area contributed by atoms with E-state index in [0.717, 1.165) is 39.1 Å². The molecule has 0 radical (unpaired) electrons. The first-order valence-electron chi connectivity index (χ1n) is 9.06. The number of hydrogen-bond donors (Lipinski definition) is 0. The molecule has 0 aliphatic carbocycles. The molecule has 0 spiro atoms. The lowest BCUT2D eigenvalue weighted by molar-refractivity contribution is -0.0964. The van der Waals surface area contributed by atoms with Crippen LogP contribution in [0.5, 0.6) is 0 Å². The maximum atomic E-state index is 6.23. The summed E-state index contributed by atoms with van der Waals surface area (Å²) < 4.78 is 6.23. The van der Waals surface area contributed by atoms with E-state index in [1.54, 1.807) is 0 Å². The lowest BCUT2D eigenvalue weighted by atomic mass is 10.0. The van der Waals surface area contributed by atoms with E-state index >= 15 is 0 Å². The van der Waals surface area contributed by atoms with Crippen LogP contribution in [-0.4, -0.2) is 43.3 Å². The van der Waals surface area contributed by atoms with Crippen LogP contribution in [0.25, 0.3) is 0 Å². The van der Waals surface area contributed by atoms with Gasteiger partial charge in [-0.3, -0.25) is 4.90 Å². The van der Waals surface area contributed by atoms with E-state index in [1.807, 2.05) is 0 Å². The SMILES string of the molecule is CCc1ccccc1N1CC2CN(Cc3ccccc3)CC(C1)O2. The first-order chi connectivity index (χ1) is 11.8. The van der Waals surface area contributed by atoms with Gasteiger partial charge < -0.3 is 9.64 Å². The number of nitrogens with zero attached hydrogens (tertiary/aromatic N) is 2. The molecule has 2 unspecified atom stereocenters. The van der Waals surface area contributed by atoms with Gasteiger partial charge in [0.2, 0.25) is 0 Å². The molecule has 126 valence electrons. The highest BCUT2D eigenvalue weighted by Gasteiger charge is 2.35. The highest BCUT2D eigenvalue weighted by Crippen LogP contribution is 2.28. The van der Waals surface area contributed by atoms with E-state index in [-0.39, 0.29) is 0 Å². The van der Waals surface area contributed by atoms with Crippen LogP contribution in [0.2, 0.25) is 0 Å². The Morgan fingerprint density at radius 2 is 1.54 bits per heavy atom. The zero-order chi connectivity index (χ0) is 16.4. The molecule has 0 aromatic heterocycles. The molecule has 2 aromatic carbocycles. The van der Waals surface area contributed by atoms with E-state index in [2.05, 4.69) is 71.3 Å². The van der Waals surface area contributed by atoms with Crippen molar-refractivity contribution < 1.29 is 4.74 Å². The Kier molecular flexibility index (Phi) is 4.54. The van der Waals surface area contributed by atoms with E-state index < -0.39 is 0 Å². The second kappa shape index (κ2) is 6.96. The average Bonchev–Trinajstić information content (AvgIpc) is 2.62. The lowest BCUT2D eigenvalue weighted by Gasteiger charge is -2.47. The predicted octanol–water partition coefficient (Wildman–Crippen LogP) is 3.34. The molecule has 0 saturated carbocycles. The molecule has 2 aromatic rings. The Labute approximate surface area is 144 Å². The number of morpholine rings is 2. The third-order valence-electron chi connectivity index (χ3n) is 5.12. The largest absolute Gasteiger partial charge is 0.369 e. The molecule has 2 aliphatic heterocycles. The molecule has 24 heavy (non-hydrogen) atoms. The minimum absolute atomic E-state index is 0.311. The molecular formula is C21H26N2O. The molecule has 2 saturated heterocycles. The summed E-state index contributed by atoms with van der Waals surface area (Å²) in [5.41, 5.74) is 4.24. The zero-order valence-electron chi connectivity index (χ0n) is 14.4. The Morgan fingerprint density at radius 1 is 0.875 bits per heavy atom. The van der Waals surface area contributed by atoms with Crippen molar-refractivity contribution in [3.8, 4) is 0 Å². The van der Waals surface area contributed by atoms with E-state index in [1.165, 1.54) is 16.8 Å². The molecule has 2 atom stereocenters. The second-order valence-electron chi connectivity index (χ2n) is 6.95. The van der Waals surface area contributed by atoms with Gasteiger partial charge in [0.05, 0.1) is 12.2 Å². The summed E-state index contributed by atoms with van der Waals surface area (Å²) in [6, 6.07) is 19.6. The van der Waals surface area contributed by atoms with Crippen molar-refractivity contribution >= 4 is 5.69 Å². The summed E-state index contributed by atoms with van der Waals surface area (Å²) in [4.78, 5) is 5.09. The Bertz CT molecular complexity index is 659. The van der Waals surface area contributed by atoms with Gasteiger partial charge in [-0.25, -0.2) is 0 Å². The van der Waals surface area contributed by atoms with Crippen LogP contribution in [0.15, 0.2) is 54.6 Å². The topological polar surface area (TPSA) is 15.7 Å². The molecule has 2 heterocycles. The molecule has 0 N–H and O–H groups in total. The van der Waals surface area contributed by atoms with E-state index in [9.17, 15) is 0 Å². The molecule has 3 heteroatoms. The fourth-order valence-corrected chi connectivity index (χ4v) is 4.06. The lowest BCUT2D eigenvalue weighted by Crippen LogP contribution is -2.59. The van der Waals surface area contributed by atoms with Gasteiger partial charge in [0.15, 0.2) is 0 Å². The third-order valence-corrected chi connectivity index (χ3v) is 5.12. The van der Waals surface area contributed by atoms with Crippen molar-refractivity contribution in [3.63, 3.8) is 0 Å². The van der Waals surface area contributed by atoms with Crippen LogP contribution in [0, 0.1) is 0 Å². The van der Waals surface area contributed by atoms with Gasteiger partial charge in [0.1, 0.15) is 0 Å². The van der Waals surface area contributed by atoms with Gasteiger partial charge in [-0.2, -0.15) is 0 Å². The number of rotatable bonds is 4. The van der Waals surface area contributed by atoms with Crippen molar-refractivity contribution in [2.75, 3.05) is 31.1 Å². The fraction of sp³-hybridized carbons (Fsp3) is 0.429. The summed E-state index contributed by atoms with van der Waals surface area (Å²) >= 11 is 0. The summed E-state index contributed by atoms with van der Waals surface area (Å²) in [7, 11) is 0. The Balaban J connectivity index is 1.44. The minimum atomic E-state index is 0.311. The number of hydrogen-bond acceptors (Lipinski definition) is 3. The minimum Gasteiger partial charge on any atom is -0.369 e. The Morgan fingerprint density at radius 3 is 2.25 bits per heavy atom. The molecule has 4 rings (SSSR count). The van der Waals surface area contributed by atoms with Gasteiger partial charge >= 0.3 is 0 Å². The third kappa shape index (κ3) is 3.33. The normalized spacial score (nSPS) is 24.1. The van der Waals surface area contributed by atoms with Crippen LogP contribution >= 0.6 is 0 Å². The molecule has 3 nitrogen and oxygen atoms in total. The summed E-state index contributed by atoms with van der Waals surface area (Å²) in [6.45, 7) is 7.31. The number of para-hydroxylation sites is 1. The highest BCUT2D eigenvalue weighted by molar-refractivity contribution is 5.54. The average molecular weight is 322 g/mol. The zero-order valence-corrected chi connectivity index (χ0v) is 14.4. The maximum absolute atomic E-state index is 6.23. The van der Waals surface area contributed by atoms with Crippen LogP contribution in [0.4, 0.5) is 5.69 Å². The van der Waals surface area contributed by atoms with Crippen molar-refractivity contribution in [3.05, 3.63) is 65.7 Å². The first kappa shape index (κ1) is 15.7. The van der Waals surface area contributed by atoms with Gasteiger partial charge in [-0.05, 0) is 23.6 Å². The summed E-state index contributed by atoms with van der Waals surface area (Å²) in [5, 5.41) is 0. The number of ether oxygens (including phenoxy) is 1. The summed E-state index contributed by atoms with van der Waals surface area (Å²) in [6.07, 6.45) is 1.71. The van der Waals surface area contributed by atoms with E-state index in [4.69, 9.17) is 4.74 Å². The first-order valence-corrected chi connectivity index (χ1v) is 9.06. The molecule has 2 fully saturated rings. The van der Waals surface area contributed by atoms with Crippen molar-refractivity contribution in [2.24, 2.45) is 0 Å². The number of fused-ring (bicyclic) bond motifs is 2. The van der Waals surface area contributed by atoms with Crippen molar-refractivity contribution in [1.29, 1.82) is 0 Å². The van der Waals surface area contributed by atoms with Gasteiger partial charge in [0, 0.05) is 38.4 Å². The molecule has 2 aliphatic rings. The van der Waals surface area contributed by atoms with Crippen molar-refractivity contribution in [2.45, 2.75) is 32.1 Å². The number of benzene rings is 2. The maximum Gasteiger partial charge on any atom is 0.0881 e. The molecule has 0 amide bonds. The Hall–Kier alpha value is -1.84. The predicted molar refractivity (Wildman–Crippen MR) is 98.4 cm³/mol. The van der Waals surface area contributed by atoms with Crippen molar-refractivity contribution in [1.82, 2.24) is 4.90 Å². The smallest absolute Gasteiger partial charge is 0.0881 e. The van der Waals surface area contributed by atoms with Crippen LogP contribution < -0.4 is 4.90 Å². The summed E-state index contributed by atoms with van der Waals surface area (Å²) in [5.74, 6) is 0. The van der Waals surface area contributed by atoms with Gasteiger partial charge in [-0.1, -0.05) is 55.5 Å². The highest BCUT2D eigenvalue weighted by atomic mass is 16.5. The van der Waals surface area contributed by atoms with Gasteiger partial charge in [0.25, 0.3) is 0 Å².